The zero-order valence-electron chi connectivity index (χ0n) is 9.59. The van der Waals surface area contributed by atoms with Gasteiger partial charge >= 0.3 is 5.97 Å². The van der Waals surface area contributed by atoms with Crippen molar-refractivity contribution in [3.8, 4) is 0 Å². The topological polar surface area (TPSA) is 98.2 Å². The van der Waals surface area contributed by atoms with Crippen molar-refractivity contribution in [3.05, 3.63) is 17.5 Å². The average Bonchev–Trinajstić information content (AvgIpc) is 2.31. The number of hydrogen-bond acceptors (Lipinski definition) is 6. The summed E-state index contributed by atoms with van der Waals surface area (Å²) in [5.41, 5.74) is 0. The maximum Gasteiger partial charge on any atom is 0.305 e. The van der Waals surface area contributed by atoms with Gasteiger partial charge in [0.2, 0.25) is 10.0 Å². The van der Waals surface area contributed by atoms with Gasteiger partial charge in [0, 0.05) is 18.8 Å². The highest BCUT2D eigenvalue weighted by molar-refractivity contribution is 7.92. The highest BCUT2D eigenvalue weighted by Crippen LogP contribution is 2.16. The maximum absolute atomic E-state index is 11.6. The normalized spacial score (nSPS) is 11.0. The van der Waals surface area contributed by atoms with Gasteiger partial charge in [0.1, 0.15) is 0 Å². The monoisotopic (exact) mass is 293 g/mol. The lowest BCUT2D eigenvalue weighted by atomic mass is 10.3. The number of carbonyl (C=O) groups is 1. The highest BCUT2D eigenvalue weighted by atomic mass is 35.5. The number of halogens is 1. The Kier molecular flexibility index (Phi) is 5.29. The number of carbonyl (C=O) groups excluding carboxylic acids is 1. The number of anilines is 1. The molecule has 1 aromatic heterocycles. The standard InChI is InChI=1S/C9H12ClN3O4S/c1-17-7(14)3-2-6-18(15,16)13-9-8(10)11-4-5-12-9/h4-5H,2-3,6H2,1H3,(H,12,13). The van der Waals surface area contributed by atoms with E-state index in [0.29, 0.717) is 0 Å². The molecule has 0 unspecified atom stereocenters. The van der Waals surface area contributed by atoms with Crippen molar-refractivity contribution in [2.24, 2.45) is 0 Å². The molecule has 0 radical (unpaired) electrons. The first kappa shape index (κ1) is 14.7. The van der Waals surface area contributed by atoms with Gasteiger partial charge in [-0.05, 0) is 6.42 Å². The van der Waals surface area contributed by atoms with Gasteiger partial charge < -0.3 is 4.74 Å². The van der Waals surface area contributed by atoms with Gasteiger partial charge in [-0.25, -0.2) is 18.4 Å². The third kappa shape index (κ3) is 4.84. The van der Waals surface area contributed by atoms with Gasteiger partial charge in [-0.3, -0.25) is 9.52 Å². The molecule has 0 aliphatic carbocycles. The molecule has 1 rings (SSSR count). The summed E-state index contributed by atoms with van der Waals surface area (Å²) in [7, 11) is -2.36. The first-order valence-electron chi connectivity index (χ1n) is 4.98. The molecule has 0 spiro atoms. The average molecular weight is 294 g/mol. The SMILES string of the molecule is COC(=O)CCCS(=O)(=O)Nc1nccnc1Cl. The molecule has 0 fully saturated rings. The van der Waals surface area contributed by atoms with Crippen LogP contribution in [0.1, 0.15) is 12.8 Å². The van der Waals surface area contributed by atoms with Crippen LogP contribution in [-0.4, -0.2) is 37.2 Å². The number of nitrogens with one attached hydrogen (secondary N) is 1. The zero-order valence-corrected chi connectivity index (χ0v) is 11.2. The number of rotatable bonds is 6. The Morgan fingerprint density at radius 3 is 2.72 bits per heavy atom. The molecule has 0 aliphatic heterocycles. The van der Waals surface area contributed by atoms with Crippen LogP contribution in [0.15, 0.2) is 12.4 Å². The van der Waals surface area contributed by atoms with Crippen LogP contribution in [0.2, 0.25) is 5.15 Å². The molecular weight excluding hydrogens is 282 g/mol. The molecule has 0 amide bonds. The van der Waals surface area contributed by atoms with E-state index in [9.17, 15) is 13.2 Å². The van der Waals surface area contributed by atoms with Crippen LogP contribution in [0.4, 0.5) is 5.82 Å². The fourth-order valence-electron chi connectivity index (χ4n) is 1.10. The number of methoxy groups -OCH3 is 1. The molecule has 7 nitrogen and oxygen atoms in total. The predicted octanol–water partition coefficient (Wildman–Crippen LogP) is 0.825. The smallest absolute Gasteiger partial charge is 0.305 e. The van der Waals surface area contributed by atoms with Crippen LogP contribution >= 0.6 is 11.6 Å². The van der Waals surface area contributed by atoms with E-state index in [1.165, 1.54) is 19.5 Å². The second-order valence-corrected chi connectivity index (χ2v) is 5.50. The van der Waals surface area contributed by atoms with Crippen molar-refractivity contribution in [1.82, 2.24) is 9.97 Å². The highest BCUT2D eigenvalue weighted by Gasteiger charge is 2.14. The molecule has 18 heavy (non-hydrogen) atoms. The number of esters is 1. The van der Waals surface area contributed by atoms with Crippen molar-refractivity contribution >= 4 is 33.4 Å². The molecule has 0 aromatic carbocycles. The summed E-state index contributed by atoms with van der Waals surface area (Å²) in [4.78, 5) is 18.3. The Hall–Kier alpha value is -1.41. The van der Waals surface area contributed by atoms with Crippen molar-refractivity contribution in [3.63, 3.8) is 0 Å². The second kappa shape index (κ2) is 6.50. The fraction of sp³-hybridized carbons (Fsp3) is 0.444. The van der Waals surface area contributed by atoms with Crippen LogP contribution in [-0.2, 0) is 19.6 Å². The van der Waals surface area contributed by atoms with E-state index in [4.69, 9.17) is 11.6 Å². The molecule has 0 bridgehead atoms. The third-order valence-corrected chi connectivity index (χ3v) is 3.53. The molecule has 1 aromatic rings. The van der Waals surface area contributed by atoms with Crippen LogP contribution in [0.5, 0.6) is 0 Å². The largest absolute Gasteiger partial charge is 0.469 e. The van der Waals surface area contributed by atoms with Crippen molar-refractivity contribution < 1.29 is 17.9 Å². The van der Waals surface area contributed by atoms with Crippen molar-refractivity contribution in [2.45, 2.75) is 12.8 Å². The molecule has 9 heteroatoms. The minimum atomic E-state index is -3.61. The predicted molar refractivity (Wildman–Crippen MR) is 65.7 cm³/mol. The summed E-state index contributed by atoms with van der Waals surface area (Å²) in [6.07, 6.45) is 2.85. The molecule has 100 valence electrons. The van der Waals surface area contributed by atoms with Gasteiger partial charge in [0.25, 0.3) is 0 Å². The van der Waals surface area contributed by atoms with Crippen LogP contribution in [0.25, 0.3) is 0 Å². The van der Waals surface area contributed by atoms with Crippen LogP contribution in [0.3, 0.4) is 0 Å². The van der Waals surface area contributed by atoms with Gasteiger partial charge in [0.15, 0.2) is 11.0 Å². The lowest BCUT2D eigenvalue weighted by molar-refractivity contribution is -0.140. The lowest BCUT2D eigenvalue weighted by Crippen LogP contribution is -2.18. The fourth-order valence-corrected chi connectivity index (χ4v) is 2.38. The van der Waals surface area contributed by atoms with E-state index in [-0.39, 0.29) is 29.6 Å². The summed E-state index contributed by atoms with van der Waals surface area (Å²) < 4.78 is 29.9. The second-order valence-electron chi connectivity index (χ2n) is 3.30. The van der Waals surface area contributed by atoms with Gasteiger partial charge in [-0.15, -0.1) is 0 Å². The number of nitrogens with zero attached hydrogens (tertiary/aromatic N) is 2. The summed E-state index contributed by atoms with van der Waals surface area (Å²) in [6, 6.07) is 0. The van der Waals surface area contributed by atoms with Gasteiger partial charge in [-0.2, -0.15) is 0 Å². The van der Waals surface area contributed by atoms with Gasteiger partial charge in [0.05, 0.1) is 12.9 Å². The Balaban J connectivity index is 2.55. The summed E-state index contributed by atoms with van der Waals surface area (Å²) in [5, 5.41) is -0.0333. The Morgan fingerprint density at radius 1 is 1.44 bits per heavy atom. The molecule has 0 saturated heterocycles. The molecule has 0 saturated carbocycles. The Labute approximate surface area is 110 Å². The minimum Gasteiger partial charge on any atom is -0.469 e. The van der Waals surface area contributed by atoms with Crippen molar-refractivity contribution in [2.75, 3.05) is 17.6 Å². The lowest BCUT2D eigenvalue weighted by Gasteiger charge is -2.07. The van der Waals surface area contributed by atoms with E-state index in [2.05, 4.69) is 19.4 Å². The van der Waals surface area contributed by atoms with E-state index >= 15 is 0 Å². The summed E-state index contributed by atoms with van der Waals surface area (Å²) >= 11 is 5.66. The quantitative estimate of drug-likeness (QED) is 0.780. The minimum absolute atomic E-state index is 0.0303. The summed E-state index contributed by atoms with van der Waals surface area (Å²) in [5.74, 6) is -0.713. The van der Waals surface area contributed by atoms with Crippen LogP contribution in [0, 0.1) is 0 Å². The van der Waals surface area contributed by atoms with Gasteiger partial charge in [-0.1, -0.05) is 11.6 Å². The maximum atomic E-state index is 11.6. The molecule has 1 heterocycles. The number of ether oxygens (including phenoxy) is 1. The molecule has 1 N–H and O–H groups in total. The van der Waals surface area contributed by atoms with E-state index in [1.807, 2.05) is 0 Å². The molecule has 0 atom stereocenters. The van der Waals surface area contributed by atoms with Crippen LogP contribution < -0.4 is 4.72 Å². The van der Waals surface area contributed by atoms with E-state index in [1.54, 1.807) is 0 Å². The summed E-state index contributed by atoms with van der Waals surface area (Å²) in [6.45, 7) is 0. The molecule has 0 aliphatic rings. The Bertz CT molecular complexity index is 520. The first-order chi connectivity index (χ1) is 8.44. The third-order valence-electron chi connectivity index (χ3n) is 1.93. The zero-order chi connectivity index (χ0) is 13.6. The Morgan fingerprint density at radius 2 is 2.11 bits per heavy atom. The number of aromatic nitrogens is 2. The number of hydrogen-bond donors (Lipinski definition) is 1. The molecular formula is C9H12ClN3O4S. The number of sulfonamides is 1. The van der Waals surface area contributed by atoms with E-state index in [0.717, 1.165) is 0 Å². The first-order valence-corrected chi connectivity index (χ1v) is 7.01. The van der Waals surface area contributed by atoms with Crippen molar-refractivity contribution in [1.29, 1.82) is 0 Å². The van der Waals surface area contributed by atoms with E-state index < -0.39 is 16.0 Å².